The van der Waals surface area contributed by atoms with Gasteiger partial charge in [0.2, 0.25) is 5.91 Å². The molecule has 0 aliphatic carbocycles. The van der Waals surface area contributed by atoms with Crippen molar-refractivity contribution in [3.05, 3.63) is 58.1 Å². The van der Waals surface area contributed by atoms with Crippen LogP contribution >= 0.6 is 15.9 Å². The van der Waals surface area contributed by atoms with Crippen LogP contribution in [0.1, 0.15) is 31.0 Å². The van der Waals surface area contributed by atoms with E-state index >= 15 is 0 Å². The highest BCUT2D eigenvalue weighted by Crippen LogP contribution is 2.29. The van der Waals surface area contributed by atoms with Crippen molar-refractivity contribution in [2.24, 2.45) is 0 Å². The lowest BCUT2D eigenvalue weighted by Gasteiger charge is -2.18. The van der Waals surface area contributed by atoms with Crippen LogP contribution < -0.4 is 10.6 Å². The van der Waals surface area contributed by atoms with Gasteiger partial charge in [0.1, 0.15) is 0 Å². The van der Waals surface area contributed by atoms with E-state index in [1.165, 1.54) is 12.5 Å². The molecular weight excluding hydrogens is 328 g/mol. The molecule has 110 valence electrons. The largest absolute Gasteiger partial charge is 0.378 e. The van der Waals surface area contributed by atoms with E-state index in [1.54, 1.807) is 0 Å². The third-order valence-corrected chi connectivity index (χ3v) is 4.32. The van der Waals surface area contributed by atoms with E-state index in [0.717, 1.165) is 21.4 Å². The van der Waals surface area contributed by atoms with E-state index < -0.39 is 0 Å². The summed E-state index contributed by atoms with van der Waals surface area (Å²) in [6.07, 6.45) is 0. The number of benzene rings is 2. The number of amides is 1. The van der Waals surface area contributed by atoms with Crippen molar-refractivity contribution in [3.8, 4) is 0 Å². The van der Waals surface area contributed by atoms with Gasteiger partial charge in [0.15, 0.2) is 0 Å². The minimum absolute atomic E-state index is 0.0609. The average Bonchev–Trinajstić information content (AvgIpc) is 2.43. The van der Waals surface area contributed by atoms with Crippen molar-refractivity contribution in [2.75, 3.05) is 10.6 Å². The maximum atomic E-state index is 11.1. The number of halogens is 1. The molecular formula is C17H19BrN2O. The molecule has 2 aromatic carbocycles. The summed E-state index contributed by atoms with van der Waals surface area (Å²) >= 11 is 3.61. The molecule has 3 nitrogen and oxygen atoms in total. The first-order valence-corrected chi connectivity index (χ1v) is 7.66. The molecule has 1 unspecified atom stereocenters. The molecule has 0 aromatic heterocycles. The van der Waals surface area contributed by atoms with E-state index in [1.807, 2.05) is 36.4 Å². The smallest absolute Gasteiger partial charge is 0.221 e. The quantitative estimate of drug-likeness (QED) is 0.827. The highest BCUT2D eigenvalue weighted by Gasteiger charge is 2.09. The summed E-state index contributed by atoms with van der Waals surface area (Å²) in [5.41, 5.74) is 4.19. The summed E-state index contributed by atoms with van der Waals surface area (Å²) in [6, 6.07) is 14.2. The van der Waals surface area contributed by atoms with Crippen LogP contribution in [-0.4, -0.2) is 5.91 Å². The van der Waals surface area contributed by atoms with E-state index in [2.05, 4.69) is 46.5 Å². The normalized spacial score (nSPS) is 11.8. The van der Waals surface area contributed by atoms with Crippen LogP contribution in [0.3, 0.4) is 0 Å². The Morgan fingerprint density at radius 2 is 1.90 bits per heavy atom. The zero-order valence-corrected chi connectivity index (χ0v) is 14.0. The number of rotatable bonds is 4. The molecule has 4 heteroatoms. The van der Waals surface area contributed by atoms with Gasteiger partial charge in [-0.1, -0.05) is 24.3 Å². The predicted molar refractivity (Wildman–Crippen MR) is 91.7 cm³/mol. The molecule has 0 saturated heterocycles. The van der Waals surface area contributed by atoms with Gasteiger partial charge in [0.25, 0.3) is 0 Å². The minimum Gasteiger partial charge on any atom is -0.378 e. The molecule has 1 amide bonds. The highest BCUT2D eigenvalue weighted by atomic mass is 79.9. The lowest BCUT2D eigenvalue weighted by Crippen LogP contribution is -2.09. The molecule has 0 spiro atoms. The average molecular weight is 347 g/mol. The fourth-order valence-corrected chi connectivity index (χ4v) is 2.54. The molecule has 2 aromatic rings. The first kappa shape index (κ1) is 15.6. The monoisotopic (exact) mass is 346 g/mol. The third kappa shape index (κ3) is 4.08. The maximum absolute atomic E-state index is 11.1. The van der Waals surface area contributed by atoms with E-state index in [-0.39, 0.29) is 11.9 Å². The van der Waals surface area contributed by atoms with Crippen molar-refractivity contribution in [1.82, 2.24) is 0 Å². The summed E-state index contributed by atoms with van der Waals surface area (Å²) in [7, 11) is 0. The van der Waals surface area contributed by atoms with Gasteiger partial charge in [0.05, 0.1) is 0 Å². The Morgan fingerprint density at radius 1 is 1.19 bits per heavy atom. The van der Waals surface area contributed by atoms with E-state index in [0.29, 0.717) is 0 Å². The molecule has 0 heterocycles. The zero-order valence-electron chi connectivity index (χ0n) is 12.4. The minimum atomic E-state index is -0.0609. The fourth-order valence-electron chi connectivity index (χ4n) is 2.16. The predicted octanol–water partition coefficient (Wildman–Crippen LogP) is 4.89. The van der Waals surface area contributed by atoms with Crippen molar-refractivity contribution in [2.45, 2.75) is 26.8 Å². The molecule has 21 heavy (non-hydrogen) atoms. The van der Waals surface area contributed by atoms with Gasteiger partial charge in [0, 0.05) is 28.8 Å². The number of aryl methyl sites for hydroxylation is 1. The van der Waals surface area contributed by atoms with Crippen molar-refractivity contribution >= 4 is 33.2 Å². The highest BCUT2D eigenvalue weighted by molar-refractivity contribution is 9.10. The molecule has 1 atom stereocenters. The summed E-state index contributed by atoms with van der Waals surface area (Å²) < 4.78 is 1.08. The number of carbonyl (C=O) groups excluding carboxylic acids is 1. The van der Waals surface area contributed by atoms with Crippen LogP contribution in [0.15, 0.2) is 46.9 Å². The topological polar surface area (TPSA) is 41.1 Å². The van der Waals surface area contributed by atoms with Gasteiger partial charge in [-0.05, 0) is 59.1 Å². The van der Waals surface area contributed by atoms with Crippen LogP contribution in [-0.2, 0) is 4.79 Å². The Labute approximate surface area is 133 Å². The van der Waals surface area contributed by atoms with Crippen LogP contribution in [0.4, 0.5) is 11.4 Å². The third-order valence-electron chi connectivity index (χ3n) is 3.27. The van der Waals surface area contributed by atoms with Crippen molar-refractivity contribution in [1.29, 1.82) is 0 Å². The molecule has 0 bridgehead atoms. The maximum Gasteiger partial charge on any atom is 0.221 e. The Hall–Kier alpha value is -1.81. The van der Waals surface area contributed by atoms with Gasteiger partial charge < -0.3 is 10.6 Å². The summed E-state index contributed by atoms with van der Waals surface area (Å²) in [4.78, 5) is 11.1. The standard InChI is InChI=1S/C17H19BrN2O/c1-11-6-4-9-16(17(11)18)19-12(2)14-7-5-8-15(10-14)20-13(3)21/h4-10,12,19H,1-3H3,(H,20,21). The van der Waals surface area contributed by atoms with Crippen LogP contribution in [0.5, 0.6) is 0 Å². The number of hydrogen-bond donors (Lipinski definition) is 2. The molecule has 0 radical (unpaired) electrons. The lowest BCUT2D eigenvalue weighted by molar-refractivity contribution is -0.114. The Morgan fingerprint density at radius 3 is 2.62 bits per heavy atom. The summed E-state index contributed by atoms with van der Waals surface area (Å²) in [6.45, 7) is 5.68. The number of nitrogens with one attached hydrogen (secondary N) is 2. The van der Waals surface area contributed by atoms with Crippen molar-refractivity contribution in [3.63, 3.8) is 0 Å². The van der Waals surface area contributed by atoms with E-state index in [9.17, 15) is 4.79 Å². The fraction of sp³-hybridized carbons (Fsp3) is 0.235. The molecule has 0 aliphatic heterocycles. The van der Waals surface area contributed by atoms with Crippen LogP contribution in [0.25, 0.3) is 0 Å². The van der Waals surface area contributed by atoms with Gasteiger partial charge in [-0.3, -0.25) is 4.79 Å². The van der Waals surface area contributed by atoms with Gasteiger partial charge in [-0.15, -0.1) is 0 Å². The first-order valence-electron chi connectivity index (χ1n) is 6.86. The second-order valence-electron chi connectivity index (χ2n) is 5.11. The molecule has 0 fully saturated rings. The van der Waals surface area contributed by atoms with Gasteiger partial charge in [-0.25, -0.2) is 0 Å². The summed E-state index contributed by atoms with van der Waals surface area (Å²) in [5.74, 6) is -0.0609. The molecule has 0 aliphatic rings. The molecule has 0 saturated carbocycles. The summed E-state index contributed by atoms with van der Waals surface area (Å²) in [5, 5.41) is 6.30. The number of hydrogen-bond acceptors (Lipinski definition) is 2. The van der Waals surface area contributed by atoms with Crippen LogP contribution in [0.2, 0.25) is 0 Å². The van der Waals surface area contributed by atoms with Gasteiger partial charge in [-0.2, -0.15) is 0 Å². The zero-order chi connectivity index (χ0) is 15.4. The van der Waals surface area contributed by atoms with Crippen LogP contribution in [0, 0.1) is 6.92 Å². The Bertz CT molecular complexity index is 655. The lowest BCUT2D eigenvalue weighted by atomic mass is 10.1. The Kier molecular flexibility index (Phi) is 5.02. The van der Waals surface area contributed by atoms with Crippen molar-refractivity contribution < 1.29 is 4.79 Å². The number of carbonyl (C=O) groups is 1. The second kappa shape index (κ2) is 6.76. The Balaban J connectivity index is 2.18. The molecule has 2 rings (SSSR count). The first-order chi connectivity index (χ1) is 9.97. The number of anilines is 2. The second-order valence-corrected chi connectivity index (χ2v) is 5.90. The van der Waals surface area contributed by atoms with E-state index in [4.69, 9.17) is 0 Å². The van der Waals surface area contributed by atoms with Gasteiger partial charge >= 0.3 is 0 Å². The molecule has 2 N–H and O–H groups in total. The SMILES string of the molecule is CC(=O)Nc1cccc(C(C)Nc2cccc(C)c2Br)c1.